The molecule has 0 aliphatic heterocycles. The zero-order valence-electron chi connectivity index (χ0n) is 15.8. The van der Waals surface area contributed by atoms with E-state index in [-0.39, 0.29) is 17.8 Å². The van der Waals surface area contributed by atoms with Crippen molar-refractivity contribution in [3.63, 3.8) is 0 Å². The van der Waals surface area contributed by atoms with Crippen LogP contribution in [0.3, 0.4) is 0 Å². The summed E-state index contributed by atoms with van der Waals surface area (Å²) in [5.74, 6) is -0.252. The number of nitrogens with zero attached hydrogens (tertiary/aromatic N) is 1. The number of Topliss-reactive ketones (excluding diaryl/α,β-unsaturated/α-hetero) is 1. The molecule has 0 aliphatic rings. The number of carbonyl (C=O) groups excluding carboxylic acids is 1. The first-order valence-corrected chi connectivity index (χ1v) is 9.46. The molecule has 0 unspecified atom stereocenters. The van der Waals surface area contributed by atoms with E-state index in [2.05, 4.69) is 22.1 Å². The number of benzene rings is 3. The minimum atomic E-state index is -0.963. The van der Waals surface area contributed by atoms with E-state index in [1.807, 2.05) is 42.5 Å². The molecule has 0 bridgehead atoms. The van der Waals surface area contributed by atoms with Crippen LogP contribution < -0.4 is 0 Å². The van der Waals surface area contributed by atoms with Gasteiger partial charge in [-0.2, -0.15) is 0 Å². The van der Waals surface area contributed by atoms with Gasteiger partial charge in [0.2, 0.25) is 0 Å². The van der Waals surface area contributed by atoms with Gasteiger partial charge >= 0.3 is 5.97 Å². The van der Waals surface area contributed by atoms with Crippen molar-refractivity contribution in [2.45, 2.75) is 19.3 Å². The second-order valence-electron chi connectivity index (χ2n) is 7.00. The normalized spacial score (nSPS) is 10.9. The number of H-pyrrole nitrogens is 1. The standard InChI is InChI=1S/C24H20N2O3/c27-20(11-9-16-5-4-8-19(13-16)24(28)29)15-23-25-21-12-10-18(14-22(21)26-23)17-6-2-1-3-7-17/h1-8,10,12-14H,9,11,15H2,(H,25,26)(H,28,29). The molecule has 1 aromatic heterocycles. The number of aryl methyl sites for hydroxylation is 1. The quantitative estimate of drug-likeness (QED) is 0.485. The van der Waals surface area contributed by atoms with Gasteiger partial charge in [-0.05, 0) is 47.4 Å². The van der Waals surface area contributed by atoms with Gasteiger partial charge in [0, 0.05) is 6.42 Å². The number of rotatable bonds is 7. The molecule has 144 valence electrons. The molecule has 0 aliphatic carbocycles. The summed E-state index contributed by atoms with van der Waals surface area (Å²) < 4.78 is 0. The number of hydrogen-bond donors (Lipinski definition) is 2. The molecule has 29 heavy (non-hydrogen) atoms. The van der Waals surface area contributed by atoms with Gasteiger partial charge in [0.1, 0.15) is 11.6 Å². The third-order valence-electron chi connectivity index (χ3n) is 4.87. The first kappa shape index (κ1) is 18.6. The Bertz CT molecular complexity index is 1180. The zero-order valence-corrected chi connectivity index (χ0v) is 15.8. The zero-order chi connectivity index (χ0) is 20.2. The molecule has 5 nitrogen and oxygen atoms in total. The largest absolute Gasteiger partial charge is 0.478 e. The molecule has 0 saturated heterocycles. The molecule has 0 amide bonds. The molecule has 4 aromatic rings. The SMILES string of the molecule is O=C(CCc1cccc(C(=O)O)c1)Cc1nc2ccc(-c3ccccc3)cc2[nH]1. The Morgan fingerprint density at radius 1 is 0.897 bits per heavy atom. The van der Waals surface area contributed by atoms with E-state index >= 15 is 0 Å². The van der Waals surface area contributed by atoms with Crippen LogP contribution >= 0.6 is 0 Å². The number of aromatic amines is 1. The van der Waals surface area contributed by atoms with E-state index in [9.17, 15) is 9.59 Å². The maximum atomic E-state index is 12.4. The van der Waals surface area contributed by atoms with Crippen LogP contribution in [0, 0.1) is 0 Å². The average molecular weight is 384 g/mol. The molecule has 4 rings (SSSR count). The number of fused-ring (bicyclic) bond motifs is 1. The predicted octanol–water partition coefficient (Wildman–Crippen LogP) is 4.67. The number of carboxylic acids is 1. The van der Waals surface area contributed by atoms with Crippen LogP contribution in [0.15, 0.2) is 72.8 Å². The highest BCUT2D eigenvalue weighted by Gasteiger charge is 2.11. The van der Waals surface area contributed by atoms with Gasteiger partial charge < -0.3 is 10.1 Å². The maximum absolute atomic E-state index is 12.4. The highest BCUT2D eigenvalue weighted by molar-refractivity contribution is 5.88. The fourth-order valence-corrected chi connectivity index (χ4v) is 3.38. The number of carbonyl (C=O) groups is 2. The lowest BCUT2D eigenvalue weighted by Crippen LogP contribution is -2.06. The van der Waals surface area contributed by atoms with Crippen molar-refractivity contribution in [3.05, 3.63) is 89.7 Å². The van der Waals surface area contributed by atoms with Crippen LogP contribution in [-0.4, -0.2) is 26.8 Å². The van der Waals surface area contributed by atoms with Gasteiger partial charge in [-0.3, -0.25) is 4.79 Å². The number of aromatic carboxylic acids is 1. The van der Waals surface area contributed by atoms with Crippen LogP contribution in [-0.2, 0) is 17.6 Å². The topological polar surface area (TPSA) is 83.1 Å². The van der Waals surface area contributed by atoms with E-state index in [0.29, 0.717) is 18.7 Å². The average Bonchev–Trinajstić information content (AvgIpc) is 3.14. The molecule has 0 spiro atoms. The molecule has 0 radical (unpaired) electrons. The van der Waals surface area contributed by atoms with Crippen LogP contribution in [0.25, 0.3) is 22.2 Å². The molecule has 3 aromatic carbocycles. The minimum absolute atomic E-state index is 0.0630. The molecular weight excluding hydrogens is 364 g/mol. The lowest BCUT2D eigenvalue weighted by atomic mass is 10.0. The third kappa shape index (κ3) is 4.41. The summed E-state index contributed by atoms with van der Waals surface area (Å²) in [7, 11) is 0. The summed E-state index contributed by atoms with van der Waals surface area (Å²) in [6.07, 6.45) is 1.09. The number of aromatic nitrogens is 2. The van der Waals surface area contributed by atoms with Crippen molar-refractivity contribution >= 4 is 22.8 Å². The van der Waals surface area contributed by atoms with E-state index in [1.165, 1.54) is 0 Å². The van der Waals surface area contributed by atoms with Crippen LogP contribution in [0.4, 0.5) is 0 Å². The Morgan fingerprint density at radius 3 is 2.52 bits per heavy atom. The second-order valence-corrected chi connectivity index (χ2v) is 7.00. The number of hydrogen-bond acceptors (Lipinski definition) is 3. The van der Waals surface area contributed by atoms with E-state index < -0.39 is 5.97 Å². The molecule has 2 N–H and O–H groups in total. The summed E-state index contributed by atoms with van der Waals surface area (Å²) in [6, 6.07) is 22.8. The van der Waals surface area contributed by atoms with Crippen molar-refractivity contribution in [1.82, 2.24) is 9.97 Å². The highest BCUT2D eigenvalue weighted by atomic mass is 16.4. The summed E-state index contributed by atoms with van der Waals surface area (Å²) in [4.78, 5) is 31.2. The lowest BCUT2D eigenvalue weighted by molar-refractivity contribution is -0.118. The van der Waals surface area contributed by atoms with Crippen molar-refractivity contribution in [2.24, 2.45) is 0 Å². The van der Waals surface area contributed by atoms with Crippen molar-refractivity contribution in [3.8, 4) is 11.1 Å². The molecule has 5 heteroatoms. The van der Waals surface area contributed by atoms with Gasteiger partial charge in [-0.15, -0.1) is 0 Å². The van der Waals surface area contributed by atoms with Gasteiger partial charge in [0.25, 0.3) is 0 Å². The van der Waals surface area contributed by atoms with Gasteiger partial charge in [0.15, 0.2) is 0 Å². The first-order valence-electron chi connectivity index (χ1n) is 9.46. The Balaban J connectivity index is 1.43. The summed E-state index contributed by atoms with van der Waals surface area (Å²) in [6.45, 7) is 0. The Labute approximate surface area is 168 Å². The molecule has 0 fully saturated rings. The number of carboxylic acid groups (broad SMARTS) is 1. The van der Waals surface area contributed by atoms with E-state index in [1.54, 1.807) is 18.2 Å². The van der Waals surface area contributed by atoms with E-state index in [0.717, 1.165) is 27.7 Å². The lowest BCUT2D eigenvalue weighted by Gasteiger charge is -2.02. The van der Waals surface area contributed by atoms with Crippen molar-refractivity contribution in [1.29, 1.82) is 0 Å². The second kappa shape index (κ2) is 8.10. The summed E-state index contributed by atoms with van der Waals surface area (Å²) in [5.41, 5.74) is 5.05. The molecular formula is C24H20N2O3. The van der Waals surface area contributed by atoms with Gasteiger partial charge in [0.05, 0.1) is 23.0 Å². The Morgan fingerprint density at radius 2 is 1.72 bits per heavy atom. The van der Waals surface area contributed by atoms with Gasteiger partial charge in [-0.25, -0.2) is 9.78 Å². The molecule has 1 heterocycles. The third-order valence-corrected chi connectivity index (χ3v) is 4.87. The fourth-order valence-electron chi connectivity index (χ4n) is 3.38. The van der Waals surface area contributed by atoms with Gasteiger partial charge in [-0.1, -0.05) is 48.5 Å². The smallest absolute Gasteiger partial charge is 0.335 e. The number of imidazole rings is 1. The number of nitrogens with one attached hydrogen (secondary N) is 1. The van der Waals surface area contributed by atoms with Crippen molar-refractivity contribution < 1.29 is 14.7 Å². The highest BCUT2D eigenvalue weighted by Crippen LogP contribution is 2.23. The first-order chi connectivity index (χ1) is 14.1. The molecule has 0 saturated carbocycles. The Kier molecular flexibility index (Phi) is 5.20. The molecule has 0 atom stereocenters. The van der Waals surface area contributed by atoms with Crippen LogP contribution in [0.5, 0.6) is 0 Å². The monoisotopic (exact) mass is 384 g/mol. The van der Waals surface area contributed by atoms with Crippen molar-refractivity contribution in [2.75, 3.05) is 0 Å². The minimum Gasteiger partial charge on any atom is -0.478 e. The Hall–Kier alpha value is -3.73. The van der Waals surface area contributed by atoms with E-state index in [4.69, 9.17) is 5.11 Å². The fraction of sp³-hybridized carbons (Fsp3) is 0.125. The summed E-state index contributed by atoms with van der Waals surface area (Å²) >= 11 is 0. The number of ketones is 1. The maximum Gasteiger partial charge on any atom is 0.335 e. The van der Waals surface area contributed by atoms with Crippen LogP contribution in [0.2, 0.25) is 0 Å². The van der Waals surface area contributed by atoms with Crippen LogP contribution in [0.1, 0.15) is 28.2 Å². The summed E-state index contributed by atoms with van der Waals surface area (Å²) in [5, 5.41) is 9.06. The predicted molar refractivity (Wildman–Crippen MR) is 112 cm³/mol.